The average molecular weight is 799 g/mol. The number of pyridine rings is 1. The van der Waals surface area contributed by atoms with E-state index in [2.05, 4.69) is 100 Å². The van der Waals surface area contributed by atoms with Crippen molar-refractivity contribution in [2.75, 3.05) is 0 Å². The number of hydrogen-bond donors (Lipinski definition) is 1. The van der Waals surface area contributed by atoms with Crippen LogP contribution in [0.4, 0.5) is 0 Å². The van der Waals surface area contributed by atoms with Crippen LogP contribution in [0.1, 0.15) is 77.6 Å². The summed E-state index contributed by atoms with van der Waals surface area (Å²) < 4.78 is 0. The molecule has 1 aliphatic carbocycles. The van der Waals surface area contributed by atoms with Gasteiger partial charge in [0.05, 0.1) is 0 Å². The second kappa shape index (κ2) is 12.0. The molecule has 4 heteroatoms. The molecule has 0 amide bonds. The zero-order valence-electron chi connectivity index (χ0n) is 29.1. The second-order valence-electron chi connectivity index (χ2n) is 15.5. The smallest absolute Gasteiger partial charge is 0.164 e. The Labute approximate surface area is 292 Å². The molecular formula is C43H44IrNO2-. The summed E-state index contributed by atoms with van der Waals surface area (Å²) in [5, 5.41) is 19.8. The van der Waals surface area contributed by atoms with Crippen molar-refractivity contribution in [3.63, 3.8) is 0 Å². The molecule has 1 aliphatic rings. The number of carbonyl (C=O) groups excluding carboxylic acids is 1. The molecule has 7 rings (SSSR count). The number of aromatic nitrogens is 1. The van der Waals surface area contributed by atoms with Crippen LogP contribution < -0.4 is 0 Å². The van der Waals surface area contributed by atoms with Gasteiger partial charge in [0.25, 0.3) is 0 Å². The largest absolute Gasteiger partial charge is 0.512 e. The molecule has 0 atom stereocenters. The first-order valence-corrected chi connectivity index (χ1v) is 16.2. The SMILES string of the molecule is CC(C)(C)C(=O)/C=C(\O)C(C)(C)C.Cc1cc2ccc3c4ccnc5c4c(cc3c2cc1C)C(C)(C)c1cc2ccccc2[c-]c1-5.[Ir]. The molecule has 243 valence electrons. The number of aliphatic hydroxyl groups is 1. The van der Waals surface area contributed by atoms with Crippen molar-refractivity contribution in [1.29, 1.82) is 0 Å². The van der Waals surface area contributed by atoms with E-state index in [1.165, 1.54) is 66.0 Å². The number of benzene rings is 5. The van der Waals surface area contributed by atoms with Gasteiger partial charge in [0.2, 0.25) is 0 Å². The number of nitrogens with zero attached hydrogens (tertiary/aromatic N) is 1. The van der Waals surface area contributed by atoms with E-state index in [1.54, 1.807) is 0 Å². The predicted molar refractivity (Wildman–Crippen MR) is 195 cm³/mol. The van der Waals surface area contributed by atoms with E-state index < -0.39 is 5.41 Å². The number of rotatable bonds is 1. The molecule has 3 nitrogen and oxygen atoms in total. The normalized spacial score (nSPS) is 14.0. The van der Waals surface area contributed by atoms with E-state index in [0.29, 0.717) is 0 Å². The molecule has 47 heavy (non-hydrogen) atoms. The molecule has 0 spiro atoms. The Morgan fingerprint density at radius 3 is 2.13 bits per heavy atom. The summed E-state index contributed by atoms with van der Waals surface area (Å²) in [6, 6.07) is 28.5. The van der Waals surface area contributed by atoms with Crippen molar-refractivity contribution in [2.24, 2.45) is 10.8 Å². The summed E-state index contributed by atoms with van der Waals surface area (Å²) in [5.41, 5.74) is 6.63. The molecule has 0 unspecified atom stereocenters. The van der Waals surface area contributed by atoms with E-state index in [-0.39, 0.29) is 42.5 Å². The maximum absolute atomic E-state index is 11.5. The number of aryl methyl sites for hydroxylation is 2. The zero-order valence-corrected chi connectivity index (χ0v) is 31.5. The fourth-order valence-electron chi connectivity index (χ4n) is 6.41. The molecule has 0 bridgehead atoms. The summed E-state index contributed by atoms with van der Waals surface area (Å²) in [6.07, 6.45) is 3.30. The molecule has 0 aliphatic heterocycles. The van der Waals surface area contributed by atoms with E-state index in [9.17, 15) is 9.90 Å². The molecule has 0 saturated heterocycles. The molecule has 0 saturated carbocycles. The predicted octanol–water partition coefficient (Wildman–Crippen LogP) is 11.5. The van der Waals surface area contributed by atoms with Gasteiger partial charge in [-0.2, -0.15) is 0 Å². The Balaban J connectivity index is 0.000000267. The van der Waals surface area contributed by atoms with Crippen molar-refractivity contribution in [3.05, 3.63) is 113 Å². The summed E-state index contributed by atoms with van der Waals surface area (Å²) in [6.45, 7) is 20.2. The van der Waals surface area contributed by atoms with Crippen molar-refractivity contribution in [2.45, 2.75) is 74.7 Å². The summed E-state index contributed by atoms with van der Waals surface area (Å²) in [5.74, 6) is 0.104. The number of ketones is 1. The van der Waals surface area contributed by atoms with E-state index in [1.807, 2.05) is 47.7 Å². The molecular weight excluding hydrogens is 755 g/mol. The molecule has 0 fully saturated rings. The summed E-state index contributed by atoms with van der Waals surface area (Å²) in [4.78, 5) is 16.4. The van der Waals surface area contributed by atoms with E-state index in [4.69, 9.17) is 4.98 Å². The summed E-state index contributed by atoms with van der Waals surface area (Å²) >= 11 is 0. The van der Waals surface area contributed by atoms with Gasteiger partial charge >= 0.3 is 0 Å². The number of hydrogen-bond acceptors (Lipinski definition) is 3. The monoisotopic (exact) mass is 799 g/mol. The van der Waals surface area contributed by atoms with Crippen molar-refractivity contribution in [1.82, 2.24) is 4.98 Å². The minimum Gasteiger partial charge on any atom is -0.512 e. The number of aliphatic hydroxyl groups excluding tert-OH is 1. The van der Waals surface area contributed by atoms with Gasteiger partial charge in [-0.1, -0.05) is 120 Å². The van der Waals surface area contributed by atoms with E-state index in [0.717, 1.165) is 16.6 Å². The third-order valence-corrected chi connectivity index (χ3v) is 9.62. The van der Waals surface area contributed by atoms with Gasteiger partial charge in [0.1, 0.15) is 5.76 Å². The van der Waals surface area contributed by atoms with Crippen molar-refractivity contribution < 1.29 is 30.0 Å². The van der Waals surface area contributed by atoms with Crippen molar-refractivity contribution in [3.8, 4) is 11.3 Å². The van der Waals surface area contributed by atoms with Gasteiger partial charge in [0.15, 0.2) is 5.78 Å². The fourth-order valence-corrected chi connectivity index (χ4v) is 6.41. The van der Waals surface area contributed by atoms with Crippen LogP contribution in [0.5, 0.6) is 0 Å². The van der Waals surface area contributed by atoms with Gasteiger partial charge in [-0.15, -0.1) is 23.6 Å². The van der Waals surface area contributed by atoms with Crippen LogP contribution in [0.15, 0.2) is 84.8 Å². The van der Waals surface area contributed by atoms with Crippen LogP contribution in [-0.2, 0) is 30.3 Å². The number of carbonyl (C=O) groups is 1. The molecule has 1 aromatic heterocycles. The number of allylic oxidation sites excluding steroid dienone is 2. The minimum absolute atomic E-state index is 0. The van der Waals surface area contributed by atoms with Gasteiger partial charge in [-0.3, -0.25) is 9.78 Å². The molecule has 5 aromatic carbocycles. The molecule has 1 radical (unpaired) electrons. The number of fused-ring (bicyclic) bond motifs is 7. The Hall–Kier alpha value is -3.85. The molecule has 1 heterocycles. The molecule has 6 aromatic rings. The topological polar surface area (TPSA) is 50.2 Å². The first-order valence-electron chi connectivity index (χ1n) is 16.2. The maximum atomic E-state index is 11.5. The van der Waals surface area contributed by atoms with Gasteiger partial charge < -0.3 is 5.11 Å². The van der Waals surface area contributed by atoms with Crippen LogP contribution >= 0.6 is 0 Å². The Bertz CT molecular complexity index is 2240. The third-order valence-electron chi connectivity index (χ3n) is 9.62. The third kappa shape index (κ3) is 6.03. The van der Waals surface area contributed by atoms with Crippen LogP contribution in [-0.4, -0.2) is 15.9 Å². The fraction of sp³-hybridized carbons (Fsp3) is 0.302. The van der Waals surface area contributed by atoms with Crippen LogP contribution in [0.3, 0.4) is 0 Å². The summed E-state index contributed by atoms with van der Waals surface area (Å²) in [7, 11) is 0. The molecule has 1 N–H and O–H groups in total. The van der Waals surface area contributed by atoms with E-state index >= 15 is 0 Å². The zero-order chi connectivity index (χ0) is 33.3. The Kier molecular flexibility index (Phi) is 8.80. The van der Waals surface area contributed by atoms with Crippen LogP contribution in [0, 0.1) is 30.7 Å². The van der Waals surface area contributed by atoms with Crippen molar-refractivity contribution >= 4 is 48.9 Å². The van der Waals surface area contributed by atoms with Gasteiger partial charge in [0, 0.05) is 48.9 Å². The van der Waals surface area contributed by atoms with Gasteiger partial charge in [-0.25, -0.2) is 0 Å². The van der Waals surface area contributed by atoms with Crippen LogP contribution in [0.25, 0.3) is 54.3 Å². The second-order valence-corrected chi connectivity index (χ2v) is 15.5. The van der Waals surface area contributed by atoms with Crippen LogP contribution in [0.2, 0.25) is 0 Å². The maximum Gasteiger partial charge on any atom is 0.164 e. The average Bonchev–Trinajstić information content (AvgIpc) is 2.99. The standard InChI is InChI=1S/C32H24N.C11H20O2.Ir/c1-18-13-22-9-10-23-24-11-12-33-31-27-15-20-7-5-6-8-21(20)16-28(27)32(3,4)29(30(24)31)17-26(23)25(22)14-19(18)2;1-10(2,3)8(12)7-9(13)11(4,5)6;/h5-14,16-17H,1-4H3;7,12H,1-6H3;/q-1;;/b;8-7-;. The van der Waals surface area contributed by atoms with Gasteiger partial charge in [-0.05, 0) is 74.3 Å². The Morgan fingerprint density at radius 2 is 1.45 bits per heavy atom. The quantitative estimate of drug-likeness (QED) is 0.0780. The first-order chi connectivity index (χ1) is 21.5. The first kappa shape index (κ1) is 34.5. The minimum atomic E-state index is -0.417. The Morgan fingerprint density at radius 1 is 0.766 bits per heavy atom.